The van der Waals surface area contributed by atoms with Gasteiger partial charge in [-0.2, -0.15) is 4.98 Å². The Morgan fingerprint density at radius 1 is 1.16 bits per heavy atom. The van der Waals surface area contributed by atoms with E-state index in [0.29, 0.717) is 40.4 Å². The average molecular weight is 452 g/mol. The zero-order valence-electron chi connectivity index (χ0n) is 18.3. The summed E-state index contributed by atoms with van der Waals surface area (Å²) < 4.78 is 12.9. The van der Waals surface area contributed by atoms with E-state index in [2.05, 4.69) is 10.3 Å². The van der Waals surface area contributed by atoms with Gasteiger partial charge in [0.15, 0.2) is 16.7 Å². The Hall–Kier alpha value is -3.26. The molecule has 0 aliphatic carbocycles. The number of fused-ring (bicyclic) bond motifs is 1. The van der Waals surface area contributed by atoms with Crippen molar-refractivity contribution in [3.05, 3.63) is 75.6 Å². The van der Waals surface area contributed by atoms with Gasteiger partial charge in [0.1, 0.15) is 5.82 Å². The van der Waals surface area contributed by atoms with Gasteiger partial charge in [-0.25, -0.2) is 0 Å². The van der Waals surface area contributed by atoms with Gasteiger partial charge in [-0.1, -0.05) is 48.2 Å². The second-order valence-corrected chi connectivity index (χ2v) is 8.39. The molecule has 166 valence electrons. The van der Waals surface area contributed by atoms with Crippen LogP contribution in [0.2, 0.25) is 0 Å². The quantitative estimate of drug-likeness (QED) is 0.433. The molecule has 0 saturated carbocycles. The van der Waals surface area contributed by atoms with Crippen LogP contribution in [0.1, 0.15) is 36.0 Å². The Kier molecular flexibility index (Phi) is 6.50. The molecule has 7 nitrogen and oxygen atoms in total. The van der Waals surface area contributed by atoms with E-state index in [1.54, 1.807) is 11.7 Å². The minimum absolute atomic E-state index is 0.143. The molecule has 2 aromatic carbocycles. The van der Waals surface area contributed by atoms with E-state index in [1.165, 1.54) is 11.8 Å². The van der Waals surface area contributed by atoms with Crippen LogP contribution >= 0.6 is 11.8 Å². The van der Waals surface area contributed by atoms with E-state index in [1.807, 2.05) is 62.5 Å². The van der Waals surface area contributed by atoms with E-state index in [-0.39, 0.29) is 17.9 Å². The molecule has 0 unspecified atom stereocenters. The normalized spacial score (nSPS) is 15.1. The molecular formula is C24H25N3O4S. The van der Waals surface area contributed by atoms with Gasteiger partial charge in [0.05, 0.1) is 19.3 Å². The minimum atomic E-state index is -0.414. The molecule has 1 amide bonds. The molecule has 3 aromatic rings. The van der Waals surface area contributed by atoms with Gasteiger partial charge in [-0.3, -0.25) is 9.59 Å². The van der Waals surface area contributed by atoms with E-state index in [4.69, 9.17) is 9.47 Å². The molecule has 1 aliphatic heterocycles. The van der Waals surface area contributed by atoms with Crippen molar-refractivity contribution < 1.29 is 14.3 Å². The highest BCUT2D eigenvalue weighted by Crippen LogP contribution is 2.39. The zero-order valence-corrected chi connectivity index (χ0v) is 19.1. The fraction of sp³-hybridized carbons (Fsp3) is 0.292. The van der Waals surface area contributed by atoms with Crippen LogP contribution in [0.25, 0.3) is 0 Å². The molecular weight excluding hydrogens is 426 g/mol. The van der Waals surface area contributed by atoms with Crippen molar-refractivity contribution in [2.24, 2.45) is 7.05 Å². The molecule has 0 spiro atoms. The number of carbonyl (C=O) groups is 1. The number of methoxy groups -OCH3 is 1. The van der Waals surface area contributed by atoms with Gasteiger partial charge in [0.2, 0.25) is 5.91 Å². The van der Waals surface area contributed by atoms with E-state index < -0.39 is 5.92 Å². The summed E-state index contributed by atoms with van der Waals surface area (Å²) in [5, 5.41) is 3.44. The van der Waals surface area contributed by atoms with Gasteiger partial charge in [-0.05, 0) is 30.2 Å². The van der Waals surface area contributed by atoms with Crippen LogP contribution in [0.5, 0.6) is 11.5 Å². The van der Waals surface area contributed by atoms with Crippen LogP contribution in [0.15, 0.2) is 58.5 Å². The third kappa shape index (κ3) is 4.36. The summed E-state index contributed by atoms with van der Waals surface area (Å²) in [5.41, 5.74) is 2.10. The van der Waals surface area contributed by atoms with E-state index in [0.717, 1.165) is 11.1 Å². The molecule has 1 aliphatic rings. The van der Waals surface area contributed by atoms with Gasteiger partial charge in [0.25, 0.3) is 5.56 Å². The lowest BCUT2D eigenvalue weighted by atomic mass is 9.86. The number of carbonyl (C=O) groups excluding carboxylic acids is 1. The SMILES string of the molecule is CCOc1ccc([C@@H]2CC(=O)Nc3c2c(=O)nc(SCc2ccccc2)n3C)cc1OC. The summed E-state index contributed by atoms with van der Waals surface area (Å²) in [6.07, 6.45) is 0.164. The standard InChI is InChI=1S/C24H25N3O4S/c1-4-31-18-11-10-16(12-19(18)30-3)17-13-20(28)25-22-21(17)23(29)26-24(27(22)2)32-14-15-8-6-5-7-9-15/h5-12,17H,4,13-14H2,1-3H3,(H,25,28)/t17-/m0/s1. The summed E-state index contributed by atoms with van der Waals surface area (Å²) in [7, 11) is 3.39. The number of hydrogen-bond donors (Lipinski definition) is 1. The highest BCUT2D eigenvalue weighted by molar-refractivity contribution is 7.98. The second-order valence-electron chi connectivity index (χ2n) is 7.44. The first-order chi connectivity index (χ1) is 15.5. The number of amides is 1. The monoisotopic (exact) mass is 451 g/mol. The molecule has 0 bridgehead atoms. The third-order valence-electron chi connectivity index (χ3n) is 5.40. The largest absolute Gasteiger partial charge is 0.493 e. The van der Waals surface area contributed by atoms with Crippen LogP contribution < -0.4 is 20.3 Å². The first-order valence-electron chi connectivity index (χ1n) is 10.4. The van der Waals surface area contributed by atoms with Crippen molar-refractivity contribution in [2.75, 3.05) is 19.0 Å². The summed E-state index contributed by atoms with van der Waals surface area (Å²) >= 11 is 1.46. The van der Waals surface area contributed by atoms with Gasteiger partial charge >= 0.3 is 0 Å². The van der Waals surface area contributed by atoms with Crippen molar-refractivity contribution in [1.82, 2.24) is 9.55 Å². The zero-order chi connectivity index (χ0) is 22.7. The Bertz CT molecular complexity index is 1190. The highest BCUT2D eigenvalue weighted by atomic mass is 32.2. The Morgan fingerprint density at radius 3 is 2.66 bits per heavy atom. The number of hydrogen-bond acceptors (Lipinski definition) is 6. The Morgan fingerprint density at radius 2 is 1.94 bits per heavy atom. The van der Waals surface area contributed by atoms with Gasteiger partial charge in [-0.15, -0.1) is 0 Å². The summed E-state index contributed by atoms with van der Waals surface area (Å²) in [6.45, 7) is 2.41. The van der Waals surface area contributed by atoms with Crippen molar-refractivity contribution >= 4 is 23.5 Å². The number of nitrogens with one attached hydrogen (secondary N) is 1. The number of ether oxygens (including phenoxy) is 2. The number of benzene rings is 2. The highest BCUT2D eigenvalue weighted by Gasteiger charge is 2.32. The Labute approximate surface area is 190 Å². The van der Waals surface area contributed by atoms with Crippen molar-refractivity contribution in [3.63, 3.8) is 0 Å². The third-order valence-corrected chi connectivity index (χ3v) is 6.50. The topological polar surface area (TPSA) is 82.5 Å². The number of nitrogens with zero attached hydrogens (tertiary/aromatic N) is 2. The van der Waals surface area contributed by atoms with Crippen molar-refractivity contribution in [3.8, 4) is 11.5 Å². The number of rotatable bonds is 7. The molecule has 1 aromatic heterocycles. The van der Waals surface area contributed by atoms with Crippen LogP contribution in [0.3, 0.4) is 0 Å². The van der Waals surface area contributed by atoms with Crippen molar-refractivity contribution in [2.45, 2.75) is 30.2 Å². The average Bonchev–Trinajstić information content (AvgIpc) is 2.81. The van der Waals surface area contributed by atoms with E-state index in [9.17, 15) is 9.59 Å². The molecule has 4 rings (SSSR count). The maximum atomic E-state index is 13.1. The fourth-order valence-corrected chi connectivity index (χ4v) is 4.77. The molecule has 0 saturated heterocycles. The molecule has 0 radical (unpaired) electrons. The molecule has 1 N–H and O–H groups in total. The lowest BCUT2D eigenvalue weighted by molar-refractivity contribution is -0.116. The van der Waals surface area contributed by atoms with Gasteiger partial charge < -0.3 is 19.4 Å². The number of aromatic nitrogens is 2. The fourth-order valence-electron chi connectivity index (χ4n) is 3.85. The first-order valence-corrected chi connectivity index (χ1v) is 11.4. The first kappa shape index (κ1) is 22.0. The van der Waals surface area contributed by atoms with Crippen LogP contribution in [-0.2, 0) is 17.6 Å². The predicted octanol–water partition coefficient (Wildman–Crippen LogP) is 3.95. The molecule has 8 heteroatoms. The number of thioether (sulfide) groups is 1. The van der Waals surface area contributed by atoms with Crippen LogP contribution in [-0.4, -0.2) is 29.2 Å². The van der Waals surface area contributed by atoms with Crippen molar-refractivity contribution in [1.29, 1.82) is 0 Å². The van der Waals surface area contributed by atoms with E-state index >= 15 is 0 Å². The Balaban J connectivity index is 1.72. The molecule has 0 fully saturated rings. The van der Waals surface area contributed by atoms with Gasteiger partial charge in [0, 0.05) is 25.1 Å². The molecule has 1 atom stereocenters. The number of anilines is 1. The smallest absolute Gasteiger partial charge is 0.279 e. The molecule has 2 heterocycles. The lowest BCUT2D eigenvalue weighted by Gasteiger charge is -2.28. The van der Waals surface area contributed by atoms with Crippen LogP contribution in [0.4, 0.5) is 5.82 Å². The predicted molar refractivity (Wildman–Crippen MR) is 125 cm³/mol. The maximum absolute atomic E-state index is 13.1. The van der Waals surface area contributed by atoms with Crippen LogP contribution in [0, 0.1) is 0 Å². The summed E-state index contributed by atoms with van der Waals surface area (Å²) in [5.74, 6) is 1.80. The minimum Gasteiger partial charge on any atom is -0.493 e. The lowest BCUT2D eigenvalue weighted by Crippen LogP contribution is -2.33. The summed E-state index contributed by atoms with van der Waals surface area (Å²) in [4.78, 5) is 30.1. The second kappa shape index (κ2) is 9.48. The maximum Gasteiger partial charge on any atom is 0.279 e. The summed E-state index contributed by atoms with van der Waals surface area (Å²) in [6, 6.07) is 15.5. The molecule has 32 heavy (non-hydrogen) atoms.